The van der Waals surface area contributed by atoms with Crippen molar-refractivity contribution in [3.63, 3.8) is 0 Å². The van der Waals surface area contributed by atoms with E-state index in [1.807, 2.05) is 30.3 Å². The predicted octanol–water partition coefficient (Wildman–Crippen LogP) is 0.301. The third kappa shape index (κ3) is 8.06. The molecule has 15 nitrogen and oxygen atoms in total. The van der Waals surface area contributed by atoms with Crippen LogP contribution < -0.4 is 0 Å². The van der Waals surface area contributed by atoms with E-state index < -0.39 is 98.2 Å². The van der Waals surface area contributed by atoms with Crippen LogP contribution in [0, 0.1) is 0 Å². The van der Waals surface area contributed by atoms with Crippen molar-refractivity contribution in [1.82, 2.24) is 0 Å². The normalized spacial score (nSPS) is 35.6. The van der Waals surface area contributed by atoms with Gasteiger partial charge in [-0.2, -0.15) is 0 Å². The molecule has 3 fully saturated rings. The summed E-state index contributed by atoms with van der Waals surface area (Å²) in [7, 11) is 1.33. The molecule has 3 aliphatic heterocycles. The zero-order valence-electron chi connectivity index (χ0n) is 24.3. The Morgan fingerprint density at radius 3 is 2.02 bits per heavy atom. The zero-order chi connectivity index (χ0) is 31.3. The quantitative estimate of drug-likeness (QED) is 0.297. The van der Waals surface area contributed by atoms with Gasteiger partial charge in [0.1, 0.15) is 37.1 Å². The Morgan fingerprint density at radius 2 is 1.42 bits per heavy atom. The molecule has 3 heterocycles. The average Bonchev–Trinajstić information content (AvgIpc) is 2.95. The predicted molar refractivity (Wildman–Crippen MR) is 139 cm³/mol. The minimum Gasteiger partial charge on any atom is -0.463 e. The van der Waals surface area contributed by atoms with Crippen molar-refractivity contribution in [2.45, 2.75) is 95.4 Å². The van der Waals surface area contributed by atoms with Gasteiger partial charge in [0, 0.05) is 40.4 Å². The van der Waals surface area contributed by atoms with Gasteiger partial charge in [0.25, 0.3) is 0 Å². The van der Waals surface area contributed by atoms with Gasteiger partial charge < -0.3 is 52.5 Å². The number of rotatable bonds is 9. The summed E-state index contributed by atoms with van der Waals surface area (Å²) in [5, 5.41) is 11.5. The lowest BCUT2D eigenvalue weighted by atomic mass is 9.96. The smallest absolute Gasteiger partial charge is 0.303 e. The molecule has 4 rings (SSSR count). The number of methoxy groups -OCH3 is 1. The number of hydrogen-bond acceptors (Lipinski definition) is 15. The molecule has 15 heteroatoms. The number of aliphatic hydroxyl groups is 1. The molecule has 0 radical (unpaired) electrons. The number of ether oxygens (including phenoxy) is 10. The molecule has 0 spiro atoms. The number of esters is 4. The summed E-state index contributed by atoms with van der Waals surface area (Å²) in [5.41, 5.74) is 0.721. The van der Waals surface area contributed by atoms with Crippen molar-refractivity contribution >= 4 is 23.9 Å². The fraction of sp³-hybridized carbons (Fsp3) is 0.643. The van der Waals surface area contributed by atoms with Crippen LogP contribution in [0.1, 0.15) is 39.5 Å². The molecule has 43 heavy (non-hydrogen) atoms. The van der Waals surface area contributed by atoms with Crippen LogP contribution in [0.25, 0.3) is 0 Å². The summed E-state index contributed by atoms with van der Waals surface area (Å²) in [6.07, 6.45) is -13.5. The first-order valence-corrected chi connectivity index (χ1v) is 13.6. The molecule has 0 amide bonds. The number of carbonyl (C=O) groups excluding carboxylic acids is 4. The standard InChI is InChI=1S/C28H36O15/c1-13(29)35-11-19-22(37-14(2)30)24(38-15(3)31)25(39-16(4)32)28(41-19)43-23-20(33)21-18(40-27(23)34-5)12-36-26(42-21)17-9-7-6-8-10-17/h6-10,18-28,33H,11-12H2,1-5H3/t18-,19-,20+,21-,22-,23-,24+,25-,26?,27+,28-/m1/s1. The first kappa shape index (κ1) is 32.7. The highest BCUT2D eigenvalue weighted by Crippen LogP contribution is 2.37. The maximum atomic E-state index is 12.2. The molecule has 0 aromatic heterocycles. The van der Waals surface area contributed by atoms with E-state index >= 15 is 0 Å². The fourth-order valence-corrected chi connectivity index (χ4v) is 5.13. The van der Waals surface area contributed by atoms with Crippen molar-refractivity contribution < 1.29 is 71.7 Å². The Kier molecular flexibility index (Phi) is 11.1. The van der Waals surface area contributed by atoms with Crippen LogP contribution in [-0.4, -0.2) is 111 Å². The second kappa shape index (κ2) is 14.5. The number of fused-ring (bicyclic) bond motifs is 1. The highest BCUT2D eigenvalue weighted by atomic mass is 16.8. The van der Waals surface area contributed by atoms with Crippen LogP contribution in [0.2, 0.25) is 0 Å². The number of aliphatic hydroxyl groups excluding tert-OH is 1. The lowest BCUT2D eigenvalue weighted by molar-refractivity contribution is -0.391. The van der Waals surface area contributed by atoms with Crippen LogP contribution in [0.3, 0.4) is 0 Å². The lowest BCUT2D eigenvalue weighted by Crippen LogP contribution is -2.67. The molecule has 238 valence electrons. The van der Waals surface area contributed by atoms with Crippen LogP contribution >= 0.6 is 0 Å². The molecule has 11 atom stereocenters. The maximum absolute atomic E-state index is 12.2. The SMILES string of the molecule is CO[C@H]1O[C@@H]2COC(c3ccccc3)O[C@H]2[C@H](O)[C@H]1O[C@H]1O[C@H](COC(C)=O)[C@@H](OC(C)=O)[C@H](OC(C)=O)[C@H]1OC(C)=O. The largest absolute Gasteiger partial charge is 0.463 e. The lowest BCUT2D eigenvalue weighted by Gasteiger charge is -2.49. The minimum atomic E-state index is -1.57. The van der Waals surface area contributed by atoms with Crippen molar-refractivity contribution in [2.75, 3.05) is 20.3 Å². The Bertz CT molecular complexity index is 1130. The summed E-state index contributed by atoms with van der Waals surface area (Å²) in [4.78, 5) is 47.9. The van der Waals surface area contributed by atoms with E-state index in [2.05, 4.69) is 0 Å². The van der Waals surface area contributed by atoms with Crippen LogP contribution in [0.5, 0.6) is 0 Å². The Labute approximate surface area is 247 Å². The van der Waals surface area contributed by atoms with Crippen LogP contribution in [0.4, 0.5) is 0 Å². The van der Waals surface area contributed by atoms with Gasteiger partial charge in [0.2, 0.25) is 0 Å². The van der Waals surface area contributed by atoms with Crippen molar-refractivity contribution in [2.24, 2.45) is 0 Å². The Morgan fingerprint density at radius 1 is 0.791 bits per heavy atom. The van der Waals surface area contributed by atoms with E-state index in [4.69, 9.17) is 47.4 Å². The van der Waals surface area contributed by atoms with Gasteiger partial charge in [0.15, 0.2) is 37.2 Å². The molecule has 1 unspecified atom stereocenters. The van der Waals surface area contributed by atoms with Gasteiger partial charge in [0.05, 0.1) is 6.61 Å². The Balaban J connectivity index is 1.64. The highest BCUT2D eigenvalue weighted by Gasteiger charge is 2.56. The third-order valence-corrected chi connectivity index (χ3v) is 6.85. The van der Waals surface area contributed by atoms with Crippen molar-refractivity contribution in [3.05, 3.63) is 35.9 Å². The first-order valence-electron chi connectivity index (χ1n) is 13.6. The highest BCUT2D eigenvalue weighted by molar-refractivity contribution is 5.68. The van der Waals surface area contributed by atoms with Gasteiger partial charge in [-0.3, -0.25) is 19.2 Å². The summed E-state index contributed by atoms with van der Waals surface area (Å²) < 4.78 is 56.9. The Hall–Kier alpha value is -3.18. The molecular weight excluding hydrogens is 576 g/mol. The van der Waals surface area contributed by atoms with E-state index in [9.17, 15) is 24.3 Å². The van der Waals surface area contributed by atoms with E-state index in [1.165, 1.54) is 7.11 Å². The molecule has 1 aromatic carbocycles. The van der Waals surface area contributed by atoms with Gasteiger partial charge in [-0.05, 0) is 0 Å². The molecule has 3 aliphatic rings. The number of carbonyl (C=O) groups is 4. The first-order chi connectivity index (χ1) is 20.5. The second-order valence-corrected chi connectivity index (χ2v) is 10.1. The van der Waals surface area contributed by atoms with Crippen LogP contribution in [-0.2, 0) is 66.5 Å². The second-order valence-electron chi connectivity index (χ2n) is 10.1. The van der Waals surface area contributed by atoms with Crippen molar-refractivity contribution in [1.29, 1.82) is 0 Å². The molecule has 1 aromatic rings. The van der Waals surface area contributed by atoms with Crippen LogP contribution in [0.15, 0.2) is 30.3 Å². The number of hydrogen-bond donors (Lipinski definition) is 1. The zero-order valence-corrected chi connectivity index (χ0v) is 24.3. The van der Waals surface area contributed by atoms with Gasteiger partial charge in [-0.1, -0.05) is 30.3 Å². The van der Waals surface area contributed by atoms with Crippen molar-refractivity contribution in [3.8, 4) is 0 Å². The molecule has 3 saturated heterocycles. The third-order valence-electron chi connectivity index (χ3n) is 6.85. The topological polar surface area (TPSA) is 181 Å². The van der Waals surface area contributed by atoms with E-state index in [0.29, 0.717) is 0 Å². The van der Waals surface area contributed by atoms with E-state index in [-0.39, 0.29) is 6.61 Å². The molecule has 0 aliphatic carbocycles. The summed E-state index contributed by atoms with van der Waals surface area (Å²) >= 11 is 0. The molecule has 0 bridgehead atoms. The number of benzene rings is 1. The van der Waals surface area contributed by atoms with Gasteiger partial charge in [-0.25, -0.2) is 0 Å². The minimum absolute atomic E-state index is 0.0763. The van der Waals surface area contributed by atoms with E-state index in [1.54, 1.807) is 0 Å². The maximum Gasteiger partial charge on any atom is 0.303 e. The fourth-order valence-electron chi connectivity index (χ4n) is 5.13. The monoisotopic (exact) mass is 612 g/mol. The average molecular weight is 613 g/mol. The molecule has 0 saturated carbocycles. The van der Waals surface area contributed by atoms with E-state index in [0.717, 1.165) is 33.3 Å². The molecule has 1 N–H and O–H groups in total. The molecular formula is C28H36O15. The summed E-state index contributed by atoms with van der Waals surface area (Å²) in [5.74, 6) is -3.04. The summed E-state index contributed by atoms with van der Waals surface area (Å²) in [6, 6.07) is 9.10. The van der Waals surface area contributed by atoms with Gasteiger partial charge in [-0.15, -0.1) is 0 Å². The van der Waals surface area contributed by atoms with Gasteiger partial charge >= 0.3 is 23.9 Å². The summed E-state index contributed by atoms with van der Waals surface area (Å²) in [6.45, 7) is 4.12.